The number of fused-ring (bicyclic) bond motifs is 3. The Hall–Kier alpha value is -2.61. The summed E-state index contributed by atoms with van der Waals surface area (Å²) < 4.78 is 11.7. The van der Waals surface area contributed by atoms with Crippen LogP contribution in [0, 0.1) is 0 Å². The Balaban J connectivity index is 1.62. The minimum atomic E-state index is -0.357. The van der Waals surface area contributed by atoms with Gasteiger partial charge >= 0.3 is 5.97 Å². The Morgan fingerprint density at radius 1 is 1.03 bits per heavy atom. The molecule has 33 heavy (non-hydrogen) atoms. The molecule has 0 bridgehead atoms. The largest absolute Gasteiger partial charge is 0.478 e. The summed E-state index contributed by atoms with van der Waals surface area (Å²) >= 11 is 0. The van der Waals surface area contributed by atoms with E-state index in [1.807, 2.05) is 20.0 Å². The van der Waals surface area contributed by atoms with Gasteiger partial charge < -0.3 is 19.3 Å². The molecule has 3 aliphatic heterocycles. The molecule has 3 aliphatic rings. The molecule has 0 N–H and O–H groups in total. The summed E-state index contributed by atoms with van der Waals surface area (Å²) in [4.78, 5) is 22.9. The average molecular weight is 451 g/mol. The van der Waals surface area contributed by atoms with E-state index in [-0.39, 0.29) is 17.9 Å². The zero-order valence-electron chi connectivity index (χ0n) is 19.9. The van der Waals surface area contributed by atoms with E-state index in [1.54, 1.807) is 0 Å². The van der Waals surface area contributed by atoms with Gasteiger partial charge in [-0.2, -0.15) is 0 Å². The predicted molar refractivity (Wildman–Crippen MR) is 129 cm³/mol. The fourth-order valence-electron chi connectivity index (χ4n) is 5.41. The summed E-state index contributed by atoms with van der Waals surface area (Å²) in [7, 11) is 4.22. The van der Waals surface area contributed by atoms with Crippen LogP contribution in [0.3, 0.4) is 0 Å². The van der Waals surface area contributed by atoms with Gasteiger partial charge in [0, 0.05) is 61.8 Å². The van der Waals surface area contributed by atoms with Crippen molar-refractivity contribution in [2.75, 3.05) is 65.1 Å². The number of hydrogen-bond donors (Lipinski definition) is 0. The van der Waals surface area contributed by atoms with Crippen molar-refractivity contribution in [2.24, 2.45) is 0 Å². The standard InChI is InChI=1S/C26H34N4O3/c1-4-32-26(31)25-22(17-29-14-12-27(2)13-15-29)30(19-8-6-5-7-9-19)21-10-11-23-20(24(21)25)16-28(3)18-33-23/h5-11,22,25H,4,12-18H2,1-3H3. The topological polar surface area (TPSA) is 48.5 Å². The third kappa shape index (κ3) is 4.21. The lowest BCUT2D eigenvalue weighted by Gasteiger charge is -2.38. The molecule has 7 heteroatoms. The molecule has 0 aliphatic carbocycles. The third-order valence-corrected chi connectivity index (χ3v) is 7.06. The van der Waals surface area contributed by atoms with Crippen LogP contribution in [0.4, 0.5) is 11.4 Å². The van der Waals surface area contributed by atoms with E-state index in [2.05, 4.69) is 63.0 Å². The fraction of sp³-hybridized carbons (Fsp3) is 0.500. The summed E-state index contributed by atoms with van der Waals surface area (Å²) in [5.74, 6) is 0.386. The Morgan fingerprint density at radius 2 is 1.79 bits per heavy atom. The second kappa shape index (κ2) is 9.33. The van der Waals surface area contributed by atoms with E-state index >= 15 is 0 Å². The van der Waals surface area contributed by atoms with Gasteiger partial charge in [-0.3, -0.25) is 14.6 Å². The number of anilines is 2. The first-order valence-corrected chi connectivity index (χ1v) is 12.0. The molecule has 0 spiro atoms. The number of esters is 1. The van der Waals surface area contributed by atoms with E-state index in [9.17, 15) is 4.79 Å². The second-order valence-corrected chi connectivity index (χ2v) is 9.37. The van der Waals surface area contributed by atoms with Crippen molar-refractivity contribution in [3.63, 3.8) is 0 Å². The highest BCUT2D eigenvalue weighted by molar-refractivity contribution is 5.90. The van der Waals surface area contributed by atoms with Gasteiger partial charge in [-0.1, -0.05) is 18.2 Å². The number of rotatable bonds is 5. The molecule has 3 heterocycles. The lowest BCUT2D eigenvalue weighted by molar-refractivity contribution is -0.145. The Morgan fingerprint density at radius 3 is 2.52 bits per heavy atom. The van der Waals surface area contributed by atoms with Crippen LogP contribution in [0.1, 0.15) is 24.0 Å². The maximum absolute atomic E-state index is 13.5. The number of carbonyl (C=O) groups excluding carboxylic acids is 1. The van der Waals surface area contributed by atoms with Gasteiger partial charge in [0.2, 0.25) is 0 Å². The number of hydrogen-bond acceptors (Lipinski definition) is 7. The van der Waals surface area contributed by atoms with Crippen molar-refractivity contribution >= 4 is 17.3 Å². The minimum Gasteiger partial charge on any atom is -0.478 e. The second-order valence-electron chi connectivity index (χ2n) is 9.37. The Labute approximate surface area is 196 Å². The highest BCUT2D eigenvalue weighted by Gasteiger charge is 2.47. The normalized spacial score (nSPS) is 23.7. The van der Waals surface area contributed by atoms with Crippen molar-refractivity contribution < 1.29 is 14.3 Å². The highest BCUT2D eigenvalue weighted by atomic mass is 16.5. The Bertz CT molecular complexity index is 991. The molecule has 7 nitrogen and oxygen atoms in total. The summed E-state index contributed by atoms with van der Waals surface area (Å²) in [5.41, 5.74) is 4.38. The summed E-state index contributed by atoms with van der Waals surface area (Å²) in [6.07, 6.45) is 0. The molecule has 0 saturated carbocycles. The number of carbonyl (C=O) groups is 1. The average Bonchev–Trinajstić information content (AvgIpc) is 3.15. The Kier molecular flexibility index (Phi) is 6.27. The van der Waals surface area contributed by atoms with Crippen LogP contribution in [0.25, 0.3) is 0 Å². The number of ether oxygens (including phenoxy) is 2. The molecule has 2 unspecified atom stereocenters. The van der Waals surface area contributed by atoms with Gasteiger partial charge in [0.15, 0.2) is 0 Å². The number of para-hydroxylation sites is 1. The number of piperazine rings is 1. The first kappa shape index (κ1) is 22.2. The van der Waals surface area contributed by atoms with Gasteiger partial charge in [-0.25, -0.2) is 0 Å². The zero-order chi connectivity index (χ0) is 22.9. The van der Waals surface area contributed by atoms with Crippen LogP contribution in [0.15, 0.2) is 42.5 Å². The smallest absolute Gasteiger partial charge is 0.315 e. The third-order valence-electron chi connectivity index (χ3n) is 7.06. The molecule has 0 aromatic heterocycles. The van der Waals surface area contributed by atoms with Crippen LogP contribution in [-0.4, -0.2) is 86.9 Å². The van der Waals surface area contributed by atoms with E-state index < -0.39 is 0 Å². The lowest BCUT2D eigenvalue weighted by Crippen LogP contribution is -2.50. The number of benzene rings is 2. The summed E-state index contributed by atoms with van der Waals surface area (Å²) in [5, 5.41) is 0. The van der Waals surface area contributed by atoms with E-state index in [4.69, 9.17) is 9.47 Å². The molecular weight excluding hydrogens is 416 g/mol. The highest BCUT2D eigenvalue weighted by Crippen LogP contribution is 2.50. The van der Waals surface area contributed by atoms with Crippen LogP contribution >= 0.6 is 0 Å². The number of nitrogens with zero attached hydrogens (tertiary/aromatic N) is 4. The fourth-order valence-corrected chi connectivity index (χ4v) is 5.41. The maximum atomic E-state index is 13.5. The van der Waals surface area contributed by atoms with Crippen LogP contribution in [-0.2, 0) is 16.1 Å². The van der Waals surface area contributed by atoms with Crippen molar-refractivity contribution in [1.82, 2.24) is 14.7 Å². The van der Waals surface area contributed by atoms with E-state index in [0.29, 0.717) is 13.3 Å². The van der Waals surface area contributed by atoms with E-state index in [0.717, 1.165) is 67.5 Å². The molecule has 2 aromatic rings. The molecular formula is C26H34N4O3. The van der Waals surface area contributed by atoms with Gasteiger partial charge in [0.1, 0.15) is 18.4 Å². The van der Waals surface area contributed by atoms with Crippen LogP contribution < -0.4 is 9.64 Å². The van der Waals surface area contributed by atoms with Crippen LogP contribution in [0.2, 0.25) is 0 Å². The lowest BCUT2D eigenvalue weighted by atomic mass is 9.89. The van der Waals surface area contributed by atoms with Gasteiger partial charge in [0.25, 0.3) is 0 Å². The molecule has 2 atom stereocenters. The molecule has 5 rings (SSSR count). The zero-order valence-corrected chi connectivity index (χ0v) is 19.9. The first-order valence-electron chi connectivity index (χ1n) is 12.0. The molecule has 176 valence electrons. The molecule has 2 aromatic carbocycles. The number of likely N-dealkylation sites (N-methyl/N-ethyl adjacent to an activating group) is 1. The van der Waals surface area contributed by atoms with Gasteiger partial charge in [-0.05, 0) is 45.3 Å². The molecule has 0 amide bonds. The quantitative estimate of drug-likeness (QED) is 0.649. The molecule has 0 radical (unpaired) electrons. The van der Waals surface area contributed by atoms with Crippen molar-refractivity contribution in [1.29, 1.82) is 0 Å². The molecule has 1 saturated heterocycles. The SMILES string of the molecule is CCOC(=O)C1c2c(ccc3c2CN(C)CO3)N(c2ccccc2)C1CN1CCN(C)CC1. The van der Waals surface area contributed by atoms with Crippen molar-refractivity contribution in [3.05, 3.63) is 53.6 Å². The monoisotopic (exact) mass is 450 g/mol. The minimum absolute atomic E-state index is 0.0383. The first-order chi connectivity index (χ1) is 16.1. The van der Waals surface area contributed by atoms with Gasteiger partial charge in [-0.15, -0.1) is 0 Å². The summed E-state index contributed by atoms with van der Waals surface area (Å²) in [6.45, 7) is 8.50. The maximum Gasteiger partial charge on any atom is 0.315 e. The van der Waals surface area contributed by atoms with E-state index in [1.165, 1.54) is 0 Å². The van der Waals surface area contributed by atoms with Gasteiger partial charge in [0.05, 0.1) is 12.6 Å². The molecule has 1 fully saturated rings. The summed E-state index contributed by atoms with van der Waals surface area (Å²) in [6, 6.07) is 14.6. The van der Waals surface area contributed by atoms with Crippen molar-refractivity contribution in [3.8, 4) is 5.75 Å². The van der Waals surface area contributed by atoms with Crippen molar-refractivity contribution in [2.45, 2.75) is 25.4 Å². The van der Waals surface area contributed by atoms with Crippen LogP contribution in [0.5, 0.6) is 5.75 Å². The predicted octanol–water partition coefficient (Wildman–Crippen LogP) is 2.88.